The van der Waals surface area contributed by atoms with Gasteiger partial charge in [-0.05, 0) is 51.8 Å². The number of rotatable bonds is 9. The third-order valence-electron chi connectivity index (χ3n) is 4.91. The van der Waals surface area contributed by atoms with Crippen molar-refractivity contribution < 1.29 is 17.7 Å². The van der Waals surface area contributed by atoms with Gasteiger partial charge in [0.25, 0.3) is 0 Å². The Morgan fingerprint density at radius 3 is 2.45 bits per heavy atom. The Morgan fingerprint density at radius 1 is 1.16 bits per heavy atom. The molecule has 3 aromatic rings. The average molecular weight is 462 g/mol. The van der Waals surface area contributed by atoms with Crippen molar-refractivity contribution in [3.8, 4) is 0 Å². The first-order chi connectivity index (χ1) is 14.7. The van der Waals surface area contributed by atoms with E-state index >= 15 is 0 Å². The Morgan fingerprint density at radius 2 is 1.87 bits per heavy atom. The van der Waals surface area contributed by atoms with Crippen molar-refractivity contribution in [1.82, 2.24) is 14.8 Å². The monoisotopic (exact) mass is 461 g/mol. The van der Waals surface area contributed by atoms with E-state index in [0.29, 0.717) is 19.5 Å². The average Bonchev–Trinajstić information content (AvgIpc) is 3.29. The fraction of sp³-hybridized carbons (Fsp3) is 0.364. The van der Waals surface area contributed by atoms with E-state index in [1.54, 1.807) is 30.1 Å². The Balaban J connectivity index is 1.77. The minimum Gasteiger partial charge on any atom is -0.360 e. The lowest BCUT2D eigenvalue weighted by Crippen LogP contribution is -2.47. The van der Waals surface area contributed by atoms with Crippen molar-refractivity contribution in [2.45, 2.75) is 51.6 Å². The van der Waals surface area contributed by atoms with Gasteiger partial charge in [0, 0.05) is 16.3 Å². The fourth-order valence-corrected chi connectivity index (χ4v) is 5.84. The van der Waals surface area contributed by atoms with Gasteiger partial charge >= 0.3 is 0 Å². The zero-order chi connectivity index (χ0) is 22.6. The van der Waals surface area contributed by atoms with Crippen LogP contribution in [0.15, 0.2) is 51.9 Å². The zero-order valence-corrected chi connectivity index (χ0v) is 19.7. The van der Waals surface area contributed by atoms with Crippen LogP contribution in [-0.2, 0) is 27.8 Å². The molecule has 9 heteroatoms. The van der Waals surface area contributed by atoms with Crippen molar-refractivity contribution in [2.75, 3.05) is 6.54 Å². The number of aryl methyl sites for hydroxylation is 3. The van der Waals surface area contributed by atoms with Crippen molar-refractivity contribution in [2.24, 2.45) is 0 Å². The molecule has 1 atom stereocenters. The summed E-state index contributed by atoms with van der Waals surface area (Å²) in [6.45, 7) is 7.59. The third-order valence-corrected chi connectivity index (χ3v) is 7.68. The van der Waals surface area contributed by atoms with Gasteiger partial charge in [-0.3, -0.25) is 4.79 Å². The minimum atomic E-state index is -3.94. The molecule has 7 nitrogen and oxygen atoms in total. The summed E-state index contributed by atoms with van der Waals surface area (Å²) in [5.41, 5.74) is 1.38. The Labute approximate surface area is 187 Å². The standard InChI is InChI=1S/C22H27N3O4S2/c1-15-10-11-20(30-15)14-25(13-12-19-8-6-5-7-9-19)22(26)17(3)24-31(27,28)21-16(2)23-29-18(21)4/h5-11,17,24H,12-14H2,1-4H3/t17-/m0/s1. The molecule has 0 aliphatic carbocycles. The van der Waals surface area contributed by atoms with Crippen LogP contribution < -0.4 is 4.72 Å². The molecule has 0 saturated carbocycles. The van der Waals surface area contributed by atoms with E-state index < -0.39 is 16.1 Å². The molecule has 0 aliphatic heterocycles. The number of hydrogen-bond acceptors (Lipinski definition) is 6. The van der Waals surface area contributed by atoms with Crippen LogP contribution in [0.25, 0.3) is 0 Å². The number of carbonyl (C=O) groups excluding carboxylic acids is 1. The van der Waals surface area contributed by atoms with Crippen LogP contribution in [0.3, 0.4) is 0 Å². The molecule has 3 rings (SSSR count). The molecule has 0 spiro atoms. The molecule has 0 unspecified atom stereocenters. The summed E-state index contributed by atoms with van der Waals surface area (Å²) in [5.74, 6) is -0.0861. The van der Waals surface area contributed by atoms with Crippen LogP contribution in [0.4, 0.5) is 0 Å². The highest BCUT2D eigenvalue weighted by atomic mass is 32.2. The van der Waals surface area contributed by atoms with E-state index in [1.807, 2.05) is 49.4 Å². The largest absolute Gasteiger partial charge is 0.360 e. The van der Waals surface area contributed by atoms with Crippen LogP contribution in [0.2, 0.25) is 0 Å². The maximum atomic E-state index is 13.3. The van der Waals surface area contributed by atoms with Crippen molar-refractivity contribution in [3.63, 3.8) is 0 Å². The first kappa shape index (κ1) is 23.2. The van der Waals surface area contributed by atoms with Gasteiger partial charge in [0.15, 0.2) is 5.76 Å². The van der Waals surface area contributed by atoms with Crippen molar-refractivity contribution in [1.29, 1.82) is 0 Å². The van der Waals surface area contributed by atoms with E-state index in [9.17, 15) is 13.2 Å². The predicted molar refractivity (Wildman–Crippen MR) is 120 cm³/mol. The molecule has 31 heavy (non-hydrogen) atoms. The van der Waals surface area contributed by atoms with Gasteiger partial charge in [-0.25, -0.2) is 8.42 Å². The Bertz CT molecular complexity index is 1120. The number of nitrogens with one attached hydrogen (secondary N) is 1. The summed E-state index contributed by atoms with van der Waals surface area (Å²) in [6.07, 6.45) is 0.681. The number of sulfonamides is 1. The van der Waals surface area contributed by atoms with E-state index in [2.05, 4.69) is 9.88 Å². The minimum absolute atomic E-state index is 0.0168. The van der Waals surface area contributed by atoms with Gasteiger partial charge in [-0.1, -0.05) is 35.5 Å². The quantitative estimate of drug-likeness (QED) is 0.526. The molecule has 1 N–H and O–H groups in total. The second-order valence-electron chi connectivity index (χ2n) is 7.50. The van der Waals surface area contributed by atoms with E-state index in [-0.39, 0.29) is 22.3 Å². The summed E-state index contributed by atoms with van der Waals surface area (Å²) in [6, 6.07) is 13.0. The van der Waals surface area contributed by atoms with Crippen molar-refractivity contribution in [3.05, 3.63) is 69.2 Å². The number of aromatic nitrogens is 1. The number of carbonyl (C=O) groups is 1. The number of benzene rings is 1. The number of amides is 1. The van der Waals surface area contributed by atoms with E-state index in [1.165, 1.54) is 6.92 Å². The Kier molecular flexibility index (Phi) is 7.30. The topological polar surface area (TPSA) is 92.5 Å². The SMILES string of the molecule is Cc1ccc(CN(CCc2ccccc2)C(=O)[C@H](C)NS(=O)(=O)c2c(C)noc2C)s1. The lowest BCUT2D eigenvalue weighted by Gasteiger charge is -2.26. The molecular formula is C22H27N3O4S2. The van der Waals surface area contributed by atoms with Crippen LogP contribution in [0.5, 0.6) is 0 Å². The van der Waals surface area contributed by atoms with Gasteiger partial charge in [0.05, 0.1) is 12.6 Å². The summed E-state index contributed by atoms with van der Waals surface area (Å²) in [4.78, 5) is 17.2. The van der Waals surface area contributed by atoms with Crippen molar-refractivity contribution >= 4 is 27.3 Å². The summed E-state index contributed by atoms with van der Waals surface area (Å²) < 4.78 is 33.1. The lowest BCUT2D eigenvalue weighted by atomic mass is 10.1. The van der Waals surface area contributed by atoms with E-state index in [0.717, 1.165) is 15.3 Å². The molecular weight excluding hydrogens is 434 g/mol. The lowest BCUT2D eigenvalue weighted by molar-refractivity contribution is -0.133. The third kappa shape index (κ3) is 5.81. The van der Waals surface area contributed by atoms with Gasteiger partial charge in [0.2, 0.25) is 15.9 Å². The molecule has 0 aliphatic rings. The van der Waals surface area contributed by atoms with Crippen LogP contribution in [0.1, 0.15) is 33.7 Å². The van der Waals surface area contributed by atoms with Crippen LogP contribution in [0, 0.1) is 20.8 Å². The smallest absolute Gasteiger partial charge is 0.246 e. The molecule has 0 radical (unpaired) electrons. The van der Waals surface area contributed by atoms with Gasteiger partial charge in [-0.15, -0.1) is 11.3 Å². The first-order valence-electron chi connectivity index (χ1n) is 10.0. The molecule has 2 heterocycles. The molecule has 0 fully saturated rings. The molecule has 166 valence electrons. The molecule has 2 aromatic heterocycles. The summed E-state index contributed by atoms with van der Waals surface area (Å²) in [7, 11) is -3.94. The number of thiophene rings is 1. The highest BCUT2D eigenvalue weighted by Crippen LogP contribution is 2.21. The maximum absolute atomic E-state index is 13.3. The van der Waals surface area contributed by atoms with E-state index in [4.69, 9.17) is 4.52 Å². The van der Waals surface area contributed by atoms with Crippen LogP contribution in [-0.4, -0.2) is 37.0 Å². The maximum Gasteiger partial charge on any atom is 0.246 e. The fourth-order valence-electron chi connectivity index (χ4n) is 3.41. The number of nitrogens with zero attached hydrogens (tertiary/aromatic N) is 2. The highest BCUT2D eigenvalue weighted by molar-refractivity contribution is 7.89. The van der Waals surface area contributed by atoms with Gasteiger partial charge in [-0.2, -0.15) is 4.72 Å². The van der Waals surface area contributed by atoms with Crippen LogP contribution >= 0.6 is 11.3 Å². The molecule has 1 amide bonds. The second-order valence-corrected chi connectivity index (χ2v) is 10.5. The van der Waals surface area contributed by atoms with Gasteiger partial charge in [0.1, 0.15) is 10.6 Å². The van der Waals surface area contributed by atoms with Gasteiger partial charge < -0.3 is 9.42 Å². The predicted octanol–water partition coefficient (Wildman–Crippen LogP) is 3.60. The molecule has 1 aromatic carbocycles. The first-order valence-corrected chi connectivity index (χ1v) is 12.3. The molecule has 0 bridgehead atoms. The highest BCUT2D eigenvalue weighted by Gasteiger charge is 2.30. The number of hydrogen-bond donors (Lipinski definition) is 1. The normalized spacial score (nSPS) is 12.6. The second kappa shape index (κ2) is 9.76. The Hall–Kier alpha value is -2.49. The summed E-state index contributed by atoms with van der Waals surface area (Å²) >= 11 is 1.63. The summed E-state index contributed by atoms with van der Waals surface area (Å²) in [5, 5.41) is 3.70. The molecule has 0 saturated heterocycles. The zero-order valence-electron chi connectivity index (χ0n) is 18.1.